The Morgan fingerprint density at radius 2 is 2.05 bits per heavy atom. The SMILES string of the molecule is Cc1ccc(C(=O)N2CC(C(C)C(=O)O)C2)cc1[N+](=O)[O-]. The molecule has 0 bridgehead atoms. The van der Waals surface area contributed by atoms with Gasteiger partial charge in [0.1, 0.15) is 0 Å². The van der Waals surface area contributed by atoms with Gasteiger partial charge in [-0.05, 0) is 13.0 Å². The van der Waals surface area contributed by atoms with Gasteiger partial charge in [-0.15, -0.1) is 0 Å². The summed E-state index contributed by atoms with van der Waals surface area (Å²) in [6, 6.07) is 4.37. The highest BCUT2D eigenvalue weighted by Gasteiger charge is 2.37. The highest BCUT2D eigenvalue weighted by atomic mass is 16.6. The van der Waals surface area contributed by atoms with Gasteiger partial charge in [0.25, 0.3) is 11.6 Å². The van der Waals surface area contributed by atoms with Gasteiger partial charge in [0, 0.05) is 36.2 Å². The van der Waals surface area contributed by atoms with Crippen LogP contribution in [-0.2, 0) is 4.79 Å². The van der Waals surface area contributed by atoms with Gasteiger partial charge in [0.15, 0.2) is 0 Å². The first-order chi connectivity index (χ1) is 9.81. The molecule has 0 aromatic heterocycles. The molecule has 1 unspecified atom stereocenters. The second kappa shape index (κ2) is 5.51. The van der Waals surface area contributed by atoms with E-state index in [9.17, 15) is 19.7 Å². The van der Waals surface area contributed by atoms with Gasteiger partial charge < -0.3 is 10.0 Å². The fourth-order valence-electron chi connectivity index (χ4n) is 2.32. The largest absolute Gasteiger partial charge is 0.481 e. The molecule has 1 fully saturated rings. The van der Waals surface area contributed by atoms with Crippen LogP contribution in [0, 0.1) is 28.9 Å². The first-order valence-electron chi connectivity index (χ1n) is 6.58. The van der Waals surface area contributed by atoms with E-state index in [0.717, 1.165) is 0 Å². The van der Waals surface area contributed by atoms with Crippen molar-refractivity contribution in [3.05, 3.63) is 39.4 Å². The molecule has 1 atom stereocenters. The Balaban J connectivity index is 2.08. The number of carbonyl (C=O) groups is 2. The molecule has 7 nitrogen and oxygen atoms in total. The number of amides is 1. The zero-order valence-electron chi connectivity index (χ0n) is 11.8. The van der Waals surface area contributed by atoms with E-state index >= 15 is 0 Å². The molecular weight excluding hydrogens is 276 g/mol. The molecule has 7 heteroatoms. The van der Waals surface area contributed by atoms with Crippen LogP contribution in [0.5, 0.6) is 0 Å². The number of hydrogen-bond donors (Lipinski definition) is 1. The molecule has 1 aliphatic rings. The lowest BCUT2D eigenvalue weighted by atomic mass is 9.86. The minimum Gasteiger partial charge on any atom is -0.481 e. The Morgan fingerprint density at radius 3 is 2.57 bits per heavy atom. The van der Waals surface area contributed by atoms with E-state index in [1.165, 1.54) is 11.0 Å². The highest BCUT2D eigenvalue weighted by Crippen LogP contribution is 2.27. The predicted octanol–water partition coefficient (Wildman–Crippen LogP) is 1.70. The standard InChI is InChI=1S/C14H16N2O5/c1-8-3-4-10(5-12(8)16(20)21)13(17)15-6-11(7-15)9(2)14(18)19/h3-5,9,11H,6-7H2,1-2H3,(H,18,19). The molecule has 1 N–H and O–H groups in total. The van der Waals surface area contributed by atoms with Crippen molar-refractivity contribution in [1.82, 2.24) is 4.90 Å². The average Bonchev–Trinajstić information content (AvgIpc) is 2.36. The molecule has 0 radical (unpaired) electrons. The van der Waals surface area contributed by atoms with Crippen molar-refractivity contribution in [1.29, 1.82) is 0 Å². The van der Waals surface area contributed by atoms with Crippen molar-refractivity contribution in [2.75, 3.05) is 13.1 Å². The van der Waals surface area contributed by atoms with Gasteiger partial charge in [0.2, 0.25) is 0 Å². The number of nitro groups is 1. The van der Waals surface area contributed by atoms with Gasteiger partial charge in [-0.3, -0.25) is 19.7 Å². The number of nitrogens with zero attached hydrogens (tertiary/aromatic N) is 2. The van der Waals surface area contributed by atoms with Crippen molar-refractivity contribution in [3.8, 4) is 0 Å². The fraction of sp³-hybridized carbons (Fsp3) is 0.429. The van der Waals surface area contributed by atoms with Crippen LogP contribution in [-0.4, -0.2) is 39.9 Å². The number of carbonyl (C=O) groups excluding carboxylic acids is 1. The second-order valence-corrected chi connectivity index (χ2v) is 5.36. The maximum absolute atomic E-state index is 12.2. The molecule has 2 rings (SSSR count). The van der Waals surface area contributed by atoms with Crippen molar-refractivity contribution in [3.63, 3.8) is 0 Å². The van der Waals surface area contributed by atoms with Crippen LogP contribution in [0.15, 0.2) is 18.2 Å². The van der Waals surface area contributed by atoms with Gasteiger partial charge in [-0.25, -0.2) is 0 Å². The van der Waals surface area contributed by atoms with Crippen LogP contribution < -0.4 is 0 Å². The predicted molar refractivity (Wildman–Crippen MR) is 74.0 cm³/mol. The Labute approximate surface area is 121 Å². The molecule has 1 aromatic carbocycles. The van der Waals surface area contributed by atoms with Crippen LogP contribution in [0.4, 0.5) is 5.69 Å². The smallest absolute Gasteiger partial charge is 0.306 e. The number of hydrogen-bond acceptors (Lipinski definition) is 4. The van der Waals surface area contributed by atoms with Crippen LogP contribution in [0.2, 0.25) is 0 Å². The van der Waals surface area contributed by atoms with Crippen molar-refractivity contribution in [2.24, 2.45) is 11.8 Å². The third-order valence-electron chi connectivity index (χ3n) is 3.95. The van der Waals surface area contributed by atoms with Crippen molar-refractivity contribution < 1.29 is 19.6 Å². The molecule has 1 heterocycles. The average molecular weight is 292 g/mol. The van der Waals surface area contributed by atoms with E-state index in [0.29, 0.717) is 18.7 Å². The van der Waals surface area contributed by atoms with E-state index in [1.807, 2.05) is 0 Å². The molecule has 112 valence electrons. The lowest BCUT2D eigenvalue weighted by Crippen LogP contribution is -2.53. The summed E-state index contributed by atoms with van der Waals surface area (Å²) >= 11 is 0. The quantitative estimate of drug-likeness (QED) is 0.672. The van der Waals surface area contributed by atoms with Crippen molar-refractivity contribution >= 4 is 17.6 Å². The van der Waals surface area contributed by atoms with Gasteiger partial charge in [-0.2, -0.15) is 0 Å². The molecule has 0 saturated carbocycles. The van der Waals surface area contributed by atoms with Crippen molar-refractivity contribution in [2.45, 2.75) is 13.8 Å². The third-order valence-corrected chi connectivity index (χ3v) is 3.95. The minimum atomic E-state index is -0.877. The lowest BCUT2D eigenvalue weighted by molar-refractivity contribution is -0.385. The molecule has 0 spiro atoms. The monoisotopic (exact) mass is 292 g/mol. The van der Waals surface area contributed by atoms with Crippen LogP contribution in [0.25, 0.3) is 0 Å². The zero-order chi connectivity index (χ0) is 15.7. The summed E-state index contributed by atoms with van der Waals surface area (Å²) < 4.78 is 0. The minimum absolute atomic E-state index is 0.0631. The normalized spacial score (nSPS) is 16.2. The topological polar surface area (TPSA) is 101 Å². The van der Waals surface area contributed by atoms with Gasteiger partial charge in [0.05, 0.1) is 10.8 Å². The summed E-state index contributed by atoms with van der Waals surface area (Å²) in [5.41, 5.74) is 0.670. The van der Waals surface area contributed by atoms with E-state index in [-0.39, 0.29) is 23.1 Å². The number of likely N-dealkylation sites (tertiary alicyclic amines) is 1. The molecular formula is C14H16N2O5. The summed E-state index contributed by atoms with van der Waals surface area (Å²) in [6.45, 7) is 3.97. The number of aryl methyl sites for hydroxylation is 1. The number of rotatable bonds is 4. The summed E-state index contributed by atoms with van der Waals surface area (Å²) in [5.74, 6) is -1.74. The number of benzene rings is 1. The molecule has 21 heavy (non-hydrogen) atoms. The van der Waals surface area contributed by atoms with Gasteiger partial charge in [-0.1, -0.05) is 13.0 Å². The van der Waals surface area contributed by atoms with E-state index in [2.05, 4.69) is 0 Å². The maximum Gasteiger partial charge on any atom is 0.306 e. The molecule has 1 saturated heterocycles. The summed E-state index contributed by atoms with van der Waals surface area (Å²) in [6.07, 6.45) is 0. The molecule has 1 amide bonds. The second-order valence-electron chi connectivity index (χ2n) is 5.36. The Kier molecular flexibility index (Phi) is 3.93. The third kappa shape index (κ3) is 2.86. The Hall–Kier alpha value is -2.44. The number of aliphatic carboxylic acids is 1. The van der Waals surface area contributed by atoms with Crippen LogP contribution in [0.3, 0.4) is 0 Å². The lowest BCUT2D eigenvalue weighted by Gasteiger charge is -2.41. The molecule has 1 aromatic rings. The van der Waals surface area contributed by atoms with E-state index < -0.39 is 16.8 Å². The number of carboxylic acid groups (broad SMARTS) is 1. The fourth-order valence-corrected chi connectivity index (χ4v) is 2.32. The summed E-state index contributed by atoms with van der Waals surface area (Å²) in [7, 11) is 0. The molecule has 0 aliphatic carbocycles. The van der Waals surface area contributed by atoms with Gasteiger partial charge >= 0.3 is 5.97 Å². The van der Waals surface area contributed by atoms with Crippen LogP contribution >= 0.6 is 0 Å². The van der Waals surface area contributed by atoms with E-state index in [1.54, 1.807) is 26.0 Å². The Morgan fingerprint density at radius 1 is 1.43 bits per heavy atom. The summed E-state index contributed by atoms with van der Waals surface area (Å²) in [4.78, 5) is 34.9. The maximum atomic E-state index is 12.2. The van der Waals surface area contributed by atoms with Crippen LogP contribution in [0.1, 0.15) is 22.8 Å². The first kappa shape index (κ1) is 15.0. The highest BCUT2D eigenvalue weighted by molar-refractivity contribution is 5.95. The molecule has 1 aliphatic heterocycles. The first-order valence-corrected chi connectivity index (χ1v) is 6.58. The Bertz CT molecular complexity index is 607. The number of carboxylic acids is 1. The zero-order valence-corrected chi connectivity index (χ0v) is 11.8. The van der Waals surface area contributed by atoms with E-state index in [4.69, 9.17) is 5.11 Å². The number of nitro benzene ring substituents is 1. The summed E-state index contributed by atoms with van der Waals surface area (Å²) in [5, 5.41) is 19.8.